The van der Waals surface area contributed by atoms with Gasteiger partial charge in [-0.2, -0.15) is 5.10 Å². The van der Waals surface area contributed by atoms with Gasteiger partial charge in [0.2, 0.25) is 10.0 Å². The van der Waals surface area contributed by atoms with Gasteiger partial charge in [0.05, 0.1) is 16.8 Å². The number of aromatic nitrogens is 2. The van der Waals surface area contributed by atoms with Crippen molar-refractivity contribution >= 4 is 26.6 Å². The summed E-state index contributed by atoms with van der Waals surface area (Å²) in [6, 6.07) is 16.9. The molecular weight excluding hydrogens is 380 g/mol. The number of primary sulfonamides is 1. The van der Waals surface area contributed by atoms with Gasteiger partial charge in [-0.3, -0.25) is 4.79 Å². The van der Waals surface area contributed by atoms with E-state index in [1.807, 2.05) is 18.2 Å². The second-order valence-corrected chi connectivity index (χ2v) is 7.70. The lowest BCUT2D eigenvalue weighted by molar-refractivity contribution is 0.531. The Balaban J connectivity index is 1.53. The molecule has 4 aromatic rings. The van der Waals surface area contributed by atoms with Gasteiger partial charge in [-0.25, -0.2) is 18.7 Å². The number of hydrogen-bond acceptors (Lipinski definition) is 6. The SMILES string of the molecule is NS(=O)(=O)c1ccc(-c2ccc(CNc3n[nH]c(=O)c4ccccc34)o2)cc1. The van der Waals surface area contributed by atoms with Crippen LogP contribution in [-0.2, 0) is 16.6 Å². The van der Waals surface area contributed by atoms with Crippen LogP contribution in [0.4, 0.5) is 5.82 Å². The molecule has 0 atom stereocenters. The smallest absolute Gasteiger partial charge is 0.272 e. The van der Waals surface area contributed by atoms with Crippen molar-refractivity contribution in [1.82, 2.24) is 10.2 Å². The molecule has 0 bridgehead atoms. The van der Waals surface area contributed by atoms with Crippen LogP contribution in [0.15, 0.2) is 74.8 Å². The van der Waals surface area contributed by atoms with E-state index in [1.54, 1.807) is 30.3 Å². The number of anilines is 1. The maximum atomic E-state index is 11.8. The van der Waals surface area contributed by atoms with E-state index in [-0.39, 0.29) is 10.5 Å². The summed E-state index contributed by atoms with van der Waals surface area (Å²) in [6.07, 6.45) is 0. The van der Waals surface area contributed by atoms with E-state index in [4.69, 9.17) is 9.56 Å². The Labute approximate surface area is 160 Å². The van der Waals surface area contributed by atoms with Gasteiger partial charge >= 0.3 is 0 Å². The normalized spacial score (nSPS) is 11.6. The van der Waals surface area contributed by atoms with Crippen molar-refractivity contribution in [3.63, 3.8) is 0 Å². The molecule has 142 valence electrons. The number of fused-ring (bicyclic) bond motifs is 1. The van der Waals surface area contributed by atoms with Crippen LogP contribution in [-0.4, -0.2) is 18.6 Å². The molecule has 0 aliphatic heterocycles. The van der Waals surface area contributed by atoms with E-state index in [1.165, 1.54) is 12.1 Å². The molecule has 0 fully saturated rings. The molecule has 4 N–H and O–H groups in total. The van der Waals surface area contributed by atoms with Crippen LogP contribution in [0.5, 0.6) is 0 Å². The third kappa shape index (κ3) is 3.53. The summed E-state index contributed by atoms with van der Waals surface area (Å²) in [4.78, 5) is 11.9. The van der Waals surface area contributed by atoms with Crippen molar-refractivity contribution < 1.29 is 12.8 Å². The summed E-state index contributed by atoms with van der Waals surface area (Å²) in [7, 11) is -3.73. The number of hydrogen-bond donors (Lipinski definition) is 3. The van der Waals surface area contributed by atoms with Gasteiger partial charge in [-0.1, -0.05) is 18.2 Å². The van der Waals surface area contributed by atoms with E-state index in [0.717, 1.165) is 10.9 Å². The minimum absolute atomic E-state index is 0.0423. The molecule has 2 aromatic heterocycles. The van der Waals surface area contributed by atoms with Gasteiger partial charge in [0.15, 0.2) is 5.82 Å². The third-order valence-electron chi connectivity index (χ3n) is 4.26. The number of rotatable bonds is 5. The number of nitrogens with zero attached hydrogens (tertiary/aromatic N) is 1. The fraction of sp³-hybridized carbons (Fsp3) is 0.0526. The van der Waals surface area contributed by atoms with Crippen LogP contribution in [0.25, 0.3) is 22.1 Å². The fourth-order valence-corrected chi connectivity index (χ4v) is 3.37. The minimum Gasteiger partial charge on any atom is -0.459 e. The summed E-state index contributed by atoms with van der Waals surface area (Å²) in [6.45, 7) is 0.359. The first-order valence-corrected chi connectivity index (χ1v) is 9.90. The maximum Gasteiger partial charge on any atom is 0.272 e. The van der Waals surface area contributed by atoms with Crippen molar-refractivity contribution in [2.75, 3.05) is 5.32 Å². The number of sulfonamides is 1. The third-order valence-corrected chi connectivity index (χ3v) is 5.18. The van der Waals surface area contributed by atoms with Crippen LogP contribution in [0.1, 0.15) is 5.76 Å². The van der Waals surface area contributed by atoms with Gasteiger partial charge in [0.25, 0.3) is 5.56 Å². The van der Waals surface area contributed by atoms with Gasteiger partial charge < -0.3 is 9.73 Å². The lowest BCUT2D eigenvalue weighted by Gasteiger charge is -2.06. The summed E-state index contributed by atoms with van der Waals surface area (Å²) >= 11 is 0. The minimum atomic E-state index is -3.73. The summed E-state index contributed by atoms with van der Waals surface area (Å²) in [5.41, 5.74) is 0.482. The lowest BCUT2D eigenvalue weighted by Crippen LogP contribution is -2.12. The van der Waals surface area contributed by atoms with E-state index in [0.29, 0.717) is 29.3 Å². The Morgan fingerprint density at radius 1 is 1.00 bits per heavy atom. The maximum absolute atomic E-state index is 11.8. The molecule has 0 amide bonds. The molecule has 4 rings (SSSR count). The van der Waals surface area contributed by atoms with Crippen molar-refractivity contribution in [2.45, 2.75) is 11.4 Å². The first-order valence-electron chi connectivity index (χ1n) is 8.35. The quantitative estimate of drug-likeness (QED) is 0.475. The zero-order valence-corrected chi connectivity index (χ0v) is 15.4. The molecule has 0 unspecified atom stereocenters. The predicted octanol–water partition coefficient (Wildman–Crippen LogP) is 2.44. The number of aromatic amines is 1. The Hall–Kier alpha value is -3.43. The van der Waals surface area contributed by atoms with E-state index in [2.05, 4.69) is 15.5 Å². The second-order valence-electron chi connectivity index (χ2n) is 6.14. The first-order chi connectivity index (χ1) is 13.4. The average Bonchev–Trinajstić information content (AvgIpc) is 3.16. The van der Waals surface area contributed by atoms with E-state index < -0.39 is 10.0 Å². The molecule has 0 aliphatic rings. The van der Waals surface area contributed by atoms with Gasteiger partial charge in [-0.05, 0) is 42.5 Å². The molecule has 0 saturated carbocycles. The predicted molar refractivity (Wildman–Crippen MR) is 105 cm³/mol. The van der Waals surface area contributed by atoms with Gasteiger partial charge in [0, 0.05) is 10.9 Å². The van der Waals surface area contributed by atoms with Crippen LogP contribution in [0.2, 0.25) is 0 Å². The van der Waals surface area contributed by atoms with Crippen LogP contribution in [0, 0.1) is 0 Å². The second kappa shape index (κ2) is 6.95. The molecular formula is C19H16N4O4S. The molecule has 0 radical (unpaired) electrons. The zero-order valence-electron chi connectivity index (χ0n) is 14.5. The van der Waals surface area contributed by atoms with Crippen molar-refractivity contribution in [3.8, 4) is 11.3 Å². The number of nitrogens with one attached hydrogen (secondary N) is 2. The van der Waals surface area contributed by atoms with E-state index in [9.17, 15) is 13.2 Å². The molecule has 9 heteroatoms. The summed E-state index contributed by atoms with van der Waals surface area (Å²) in [5, 5.41) is 16.1. The van der Waals surface area contributed by atoms with Gasteiger partial charge in [-0.15, -0.1) is 0 Å². The average molecular weight is 396 g/mol. The summed E-state index contributed by atoms with van der Waals surface area (Å²) < 4.78 is 28.5. The van der Waals surface area contributed by atoms with Crippen LogP contribution in [0.3, 0.4) is 0 Å². The van der Waals surface area contributed by atoms with Gasteiger partial charge in [0.1, 0.15) is 11.5 Å². The zero-order chi connectivity index (χ0) is 19.7. The van der Waals surface area contributed by atoms with Crippen molar-refractivity contribution in [3.05, 3.63) is 76.8 Å². The highest BCUT2D eigenvalue weighted by Gasteiger charge is 2.10. The van der Waals surface area contributed by atoms with Crippen molar-refractivity contribution in [1.29, 1.82) is 0 Å². The highest BCUT2D eigenvalue weighted by Crippen LogP contribution is 2.24. The Morgan fingerprint density at radius 2 is 1.71 bits per heavy atom. The monoisotopic (exact) mass is 396 g/mol. The first kappa shape index (κ1) is 18.0. The van der Waals surface area contributed by atoms with Crippen LogP contribution >= 0.6 is 0 Å². The number of nitrogens with two attached hydrogens (primary N) is 1. The lowest BCUT2D eigenvalue weighted by atomic mass is 10.2. The molecule has 0 saturated heterocycles. The molecule has 0 spiro atoms. The Kier molecular flexibility index (Phi) is 4.46. The molecule has 8 nitrogen and oxygen atoms in total. The Morgan fingerprint density at radius 3 is 2.43 bits per heavy atom. The topological polar surface area (TPSA) is 131 Å². The standard InChI is InChI=1S/C19H16N4O4S/c20-28(25,26)14-8-5-12(6-9-14)17-10-7-13(27-17)11-21-18-15-3-1-2-4-16(15)19(24)23-22-18/h1-10H,11H2,(H,21,22)(H,23,24)(H2,20,25,26). The molecule has 2 aromatic carbocycles. The van der Waals surface area contributed by atoms with Crippen molar-refractivity contribution in [2.24, 2.45) is 5.14 Å². The number of benzene rings is 2. The summed E-state index contributed by atoms with van der Waals surface area (Å²) in [5.74, 6) is 1.80. The number of H-pyrrole nitrogens is 1. The highest BCUT2D eigenvalue weighted by molar-refractivity contribution is 7.89. The highest BCUT2D eigenvalue weighted by atomic mass is 32.2. The fourth-order valence-electron chi connectivity index (χ4n) is 2.86. The van der Waals surface area contributed by atoms with Crippen LogP contribution < -0.4 is 16.0 Å². The number of furan rings is 1. The van der Waals surface area contributed by atoms with E-state index >= 15 is 0 Å². The molecule has 2 heterocycles. The Bertz CT molecular complexity index is 1310. The molecule has 28 heavy (non-hydrogen) atoms. The largest absolute Gasteiger partial charge is 0.459 e. The molecule has 0 aliphatic carbocycles.